The van der Waals surface area contributed by atoms with E-state index in [1.54, 1.807) is 19.4 Å². The van der Waals surface area contributed by atoms with Gasteiger partial charge in [-0.25, -0.2) is 0 Å². The molecule has 2 aromatic carbocycles. The minimum atomic E-state index is 0.638. The van der Waals surface area contributed by atoms with Crippen LogP contribution in [0.5, 0.6) is 11.5 Å². The van der Waals surface area contributed by atoms with E-state index < -0.39 is 0 Å². The van der Waals surface area contributed by atoms with Gasteiger partial charge in [0.05, 0.1) is 30.1 Å². The summed E-state index contributed by atoms with van der Waals surface area (Å²) < 4.78 is 11.9. The number of methoxy groups -OCH3 is 1. The van der Waals surface area contributed by atoms with Gasteiger partial charge in [0.25, 0.3) is 0 Å². The standard InChI is InChI=1S/C17H18BrClN2O2/c1-3-7-23-17-15(18)8-12(9-16(17)22-2)11-20-21-14-6-4-5-13(19)10-14/h4-6,8-11,21H,3,7H2,1-2H3/b20-11-. The molecule has 0 aliphatic heterocycles. The van der Waals surface area contributed by atoms with E-state index >= 15 is 0 Å². The predicted octanol–water partition coefficient (Wildman–Crippen LogP) is 5.35. The number of hydrogen-bond donors (Lipinski definition) is 1. The van der Waals surface area contributed by atoms with Crippen molar-refractivity contribution in [3.05, 3.63) is 51.5 Å². The average Bonchev–Trinajstić information content (AvgIpc) is 2.53. The van der Waals surface area contributed by atoms with Gasteiger partial charge in [0, 0.05) is 5.02 Å². The molecule has 0 saturated heterocycles. The van der Waals surface area contributed by atoms with Gasteiger partial charge in [-0.3, -0.25) is 5.43 Å². The second-order valence-electron chi connectivity index (χ2n) is 4.76. The van der Waals surface area contributed by atoms with E-state index in [4.69, 9.17) is 21.1 Å². The molecule has 0 saturated carbocycles. The number of rotatable bonds is 7. The van der Waals surface area contributed by atoms with Crippen LogP contribution in [-0.4, -0.2) is 19.9 Å². The number of nitrogens with one attached hydrogen (secondary N) is 1. The Hall–Kier alpha value is -1.72. The first-order chi connectivity index (χ1) is 11.1. The molecule has 0 atom stereocenters. The normalized spacial score (nSPS) is 10.8. The largest absolute Gasteiger partial charge is 0.493 e. The Balaban J connectivity index is 2.13. The van der Waals surface area contributed by atoms with Crippen molar-refractivity contribution in [2.75, 3.05) is 19.1 Å². The van der Waals surface area contributed by atoms with Crippen molar-refractivity contribution in [2.24, 2.45) is 5.10 Å². The van der Waals surface area contributed by atoms with Crippen molar-refractivity contribution in [1.29, 1.82) is 0 Å². The summed E-state index contributed by atoms with van der Waals surface area (Å²) in [4.78, 5) is 0. The molecule has 0 aliphatic rings. The fourth-order valence-corrected chi connectivity index (χ4v) is 2.66. The van der Waals surface area contributed by atoms with E-state index in [0.717, 1.165) is 22.1 Å². The maximum absolute atomic E-state index is 5.93. The van der Waals surface area contributed by atoms with Crippen molar-refractivity contribution in [3.8, 4) is 11.5 Å². The number of anilines is 1. The maximum atomic E-state index is 5.93. The van der Waals surface area contributed by atoms with Crippen LogP contribution in [0.4, 0.5) is 5.69 Å². The van der Waals surface area contributed by atoms with Gasteiger partial charge in [-0.15, -0.1) is 0 Å². The summed E-state index contributed by atoms with van der Waals surface area (Å²) in [6.07, 6.45) is 2.64. The molecule has 4 nitrogen and oxygen atoms in total. The number of ether oxygens (including phenoxy) is 2. The summed E-state index contributed by atoms with van der Waals surface area (Å²) in [7, 11) is 1.62. The third-order valence-corrected chi connectivity index (χ3v) is 3.76. The van der Waals surface area contributed by atoms with Gasteiger partial charge in [-0.1, -0.05) is 24.6 Å². The quantitative estimate of drug-likeness (QED) is 0.506. The maximum Gasteiger partial charge on any atom is 0.175 e. The first-order valence-electron chi connectivity index (χ1n) is 7.19. The molecule has 1 N–H and O–H groups in total. The number of hydrazone groups is 1. The van der Waals surface area contributed by atoms with Crippen LogP contribution in [0.25, 0.3) is 0 Å². The Morgan fingerprint density at radius 3 is 2.83 bits per heavy atom. The fourth-order valence-electron chi connectivity index (χ4n) is 1.90. The lowest BCUT2D eigenvalue weighted by Crippen LogP contribution is -2.00. The van der Waals surface area contributed by atoms with Gasteiger partial charge in [0.1, 0.15) is 0 Å². The van der Waals surface area contributed by atoms with Crippen molar-refractivity contribution < 1.29 is 9.47 Å². The zero-order valence-electron chi connectivity index (χ0n) is 13.0. The van der Waals surface area contributed by atoms with E-state index in [-0.39, 0.29) is 0 Å². The van der Waals surface area contributed by atoms with Crippen molar-refractivity contribution >= 4 is 39.4 Å². The van der Waals surface area contributed by atoms with Crippen LogP contribution in [0.1, 0.15) is 18.9 Å². The Labute approximate surface area is 149 Å². The van der Waals surface area contributed by atoms with Crippen LogP contribution in [0.3, 0.4) is 0 Å². The molecule has 2 rings (SSSR count). The van der Waals surface area contributed by atoms with E-state index in [0.29, 0.717) is 23.1 Å². The minimum Gasteiger partial charge on any atom is -0.493 e. The van der Waals surface area contributed by atoms with Crippen LogP contribution in [0.15, 0.2) is 46.0 Å². The highest BCUT2D eigenvalue weighted by Gasteiger charge is 2.10. The lowest BCUT2D eigenvalue weighted by atomic mass is 10.2. The van der Waals surface area contributed by atoms with Gasteiger partial charge in [0.15, 0.2) is 11.5 Å². The molecule has 0 heterocycles. The second-order valence-corrected chi connectivity index (χ2v) is 6.05. The van der Waals surface area contributed by atoms with Crippen molar-refractivity contribution in [1.82, 2.24) is 0 Å². The van der Waals surface area contributed by atoms with Gasteiger partial charge in [-0.05, 0) is 58.2 Å². The molecule has 122 valence electrons. The summed E-state index contributed by atoms with van der Waals surface area (Å²) in [5, 5.41) is 4.87. The predicted molar refractivity (Wildman–Crippen MR) is 99.1 cm³/mol. The Kier molecular flexibility index (Phi) is 6.74. The van der Waals surface area contributed by atoms with Crippen LogP contribution in [0, 0.1) is 0 Å². The fraction of sp³-hybridized carbons (Fsp3) is 0.235. The SMILES string of the molecule is CCCOc1c(Br)cc(/C=N\Nc2cccc(Cl)c2)cc1OC. The molecule has 0 fully saturated rings. The van der Waals surface area contributed by atoms with Crippen LogP contribution >= 0.6 is 27.5 Å². The lowest BCUT2D eigenvalue weighted by Gasteiger charge is -2.12. The number of nitrogens with zero attached hydrogens (tertiary/aromatic N) is 1. The topological polar surface area (TPSA) is 42.8 Å². The molecular weight excluding hydrogens is 380 g/mol. The Bertz CT molecular complexity index is 692. The van der Waals surface area contributed by atoms with Gasteiger partial charge in [0.2, 0.25) is 0 Å². The molecule has 0 aromatic heterocycles. The first-order valence-corrected chi connectivity index (χ1v) is 8.36. The third kappa shape index (κ3) is 5.15. The smallest absolute Gasteiger partial charge is 0.175 e. The second kappa shape index (κ2) is 8.79. The molecule has 2 aromatic rings. The molecule has 23 heavy (non-hydrogen) atoms. The zero-order valence-corrected chi connectivity index (χ0v) is 15.3. The number of benzene rings is 2. The van der Waals surface area contributed by atoms with E-state index in [9.17, 15) is 0 Å². The van der Waals surface area contributed by atoms with Gasteiger partial charge >= 0.3 is 0 Å². The molecule has 0 spiro atoms. The molecule has 6 heteroatoms. The molecule has 0 radical (unpaired) electrons. The highest BCUT2D eigenvalue weighted by atomic mass is 79.9. The molecule has 0 aliphatic carbocycles. The molecular formula is C17H18BrClN2O2. The van der Waals surface area contributed by atoms with E-state index in [2.05, 4.69) is 33.4 Å². The first kappa shape index (κ1) is 17.6. The van der Waals surface area contributed by atoms with E-state index in [1.807, 2.05) is 30.3 Å². The summed E-state index contributed by atoms with van der Waals surface area (Å²) >= 11 is 9.44. The zero-order chi connectivity index (χ0) is 16.7. The highest BCUT2D eigenvalue weighted by Crippen LogP contribution is 2.36. The van der Waals surface area contributed by atoms with Crippen LogP contribution < -0.4 is 14.9 Å². The Morgan fingerprint density at radius 2 is 2.13 bits per heavy atom. The van der Waals surface area contributed by atoms with Crippen LogP contribution in [0.2, 0.25) is 5.02 Å². The van der Waals surface area contributed by atoms with Crippen molar-refractivity contribution in [2.45, 2.75) is 13.3 Å². The van der Waals surface area contributed by atoms with Gasteiger partial charge in [-0.2, -0.15) is 5.10 Å². The Morgan fingerprint density at radius 1 is 1.30 bits per heavy atom. The third-order valence-electron chi connectivity index (χ3n) is 2.93. The summed E-state index contributed by atoms with van der Waals surface area (Å²) in [5.74, 6) is 1.37. The monoisotopic (exact) mass is 396 g/mol. The van der Waals surface area contributed by atoms with Gasteiger partial charge < -0.3 is 9.47 Å². The van der Waals surface area contributed by atoms with E-state index in [1.165, 1.54) is 0 Å². The molecule has 0 amide bonds. The average molecular weight is 398 g/mol. The minimum absolute atomic E-state index is 0.638. The number of hydrogen-bond acceptors (Lipinski definition) is 4. The van der Waals surface area contributed by atoms with Crippen LogP contribution in [-0.2, 0) is 0 Å². The highest BCUT2D eigenvalue weighted by molar-refractivity contribution is 9.10. The van der Waals surface area contributed by atoms with Crippen molar-refractivity contribution in [3.63, 3.8) is 0 Å². The lowest BCUT2D eigenvalue weighted by molar-refractivity contribution is 0.292. The number of halogens is 2. The molecule has 0 bridgehead atoms. The summed E-state index contributed by atoms with van der Waals surface area (Å²) in [6, 6.07) is 11.2. The summed E-state index contributed by atoms with van der Waals surface area (Å²) in [6.45, 7) is 2.70. The summed E-state index contributed by atoms with van der Waals surface area (Å²) in [5.41, 5.74) is 4.64. The molecule has 0 unspecified atom stereocenters.